The van der Waals surface area contributed by atoms with Crippen LogP contribution in [0.25, 0.3) is 0 Å². The summed E-state index contributed by atoms with van der Waals surface area (Å²) >= 11 is 1.52. The Bertz CT molecular complexity index is 737. The standard InChI is InChI=1S/C18H21N3O2S.ClH/c1-13-2-7-16(24-13)18(23)21-10-8-20(9-11-21)17(22)12-14-3-5-15(19)6-4-14;/h2-7H,8-12,19H2,1H3;1H. The lowest BCUT2D eigenvalue weighted by atomic mass is 10.1. The van der Waals surface area contributed by atoms with Gasteiger partial charge in [-0.3, -0.25) is 9.59 Å². The lowest BCUT2D eigenvalue weighted by Gasteiger charge is -2.34. The van der Waals surface area contributed by atoms with Crippen LogP contribution in [0.4, 0.5) is 5.69 Å². The number of carbonyl (C=O) groups is 2. The molecule has 2 aromatic rings. The van der Waals surface area contributed by atoms with Gasteiger partial charge in [-0.15, -0.1) is 23.7 Å². The van der Waals surface area contributed by atoms with Gasteiger partial charge in [0, 0.05) is 36.7 Å². The highest BCUT2D eigenvalue weighted by Gasteiger charge is 2.25. The lowest BCUT2D eigenvalue weighted by molar-refractivity contribution is -0.131. The zero-order valence-electron chi connectivity index (χ0n) is 14.1. The maximum absolute atomic E-state index is 12.4. The van der Waals surface area contributed by atoms with E-state index in [0.717, 1.165) is 15.3 Å². The van der Waals surface area contributed by atoms with Gasteiger partial charge in [0.2, 0.25) is 5.91 Å². The molecule has 0 unspecified atom stereocenters. The Morgan fingerprint density at radius 2 is 1.60 bits per heavy atom. The van der Waals surface area contributed by atoms with Crippen LogP contribution in [0, 0.1) is 6.92 Å². The molecule has 1 aromatic carbocycles. The zero-order chi connectivity index (χ0) is 17.1. The first-order valence-corrected chi connectivity index (χ1v) is 8.82. The zero-order valence-corrected chi connectivity index (χ0v) is 15.7. The maximum Gasteiger partial charge on any atom is 0.264 e. The van der Waals surface area contributed by atoms with Gasteiger partial charge in [-0.05, 0) is 36.8 Å². The Morgan fingerprint density at radius 3 is 2.16 bits per heavy atom. The third kappa shape index (κ3) is 4.74. The molecule has 0 aliphatic carbocycles. The predicted molar refractivity (Wildman–Crippen MR) is 103 cm³/mol. The second-order valence-electron chi connectivity index (χ2n) is 6.00. The molecule has 2 N–H and O–H groups in total. The minimum absolute atomic E-state index is 0. The van der Waals surface area contributed by atoms with Gasteiger partial charge < -0.3 is 15.5 Å². The number of anilines is 1. The molecule has 2 amide bonds. The van der Waals surface area contributed by atoms with E-state index < -0.39 is 0 Å². The topological polar surface area (TPSA) is 66.6 Å². The Hall–Kier alpha value is -2.05. The minimum atomic E-state index is 0. The smallest absolute Gasteiger partial charge is 0.264 e. The SMILES string of the molecule is Cc1ccc(C(=O)N2CCN(C(=O)Cc3ccc(N)cc3)CC2)s1.Cl. The van der Waals surface area contributed by atoms with E-state index >= 15 is 0 Å². The molecule has 5 nitrogen and oxygen atoms in total. The number of nitrogen functional groups attached to an aromatic ring is 1. The van der Waals surface area contributed by atoms with Gasteiger partial charge in [0.1, 0.15) is 0 Å². The van der Waals surface area contributed by atoms with Crippen LogP contribution >= 0.6 is 23.7 Å². The first kappa shape index (κ1) is 19.3. The van der Waals surface area contributed by atoms with Gasteiger partial charge in [0.15, 0.2) is 0 Å². The number of piperazine rings is 1. The number of carbonyl (C=O) groups excluding carboxylic acids is 2. The van der Waals surface area contributed by atoms with Gasteiger partial charge in [0.05, 0.1) is 11.3 Å². The molecule has 1 saturated heterocycles. The number of hydrogen-bond acceptors (Lipinski definition) is 4. The summed E-state index contributed by atoms with van der Waals surface area (Å²) in [5.74, 6) is 0.164. The number of benzene rings is 1. The van der Waals surface area contributed by atoms with E-state index in [2.05, 4.69) is 0 Å². The third-order valence-corrected chi connectivity index (χ3v) is 5.19. The molecule has 3 rings (SSSR count). The molecule has 134 valence electrons. The van der Waals surface area contributed by atoms with Crippen molar-refractivity contribution in [3.63, 3.8) is 0 Å². The van der Waals surface area contributed by atoms with E-state index in [1.165, 1.54) is 11.3 Å². The fourth-order valence-electron chi connectivity index (χ4n) is 2.79. The molecule has 1 aromatic heterocycles. The molecule has 7 heteroatoms. The molecule has 1 aliphatic heterocycles. The Balaban J connectivity index is 0.00000225. The fraction of sp³-hybridized carbons (Fsp3) is 0.333. The first-order chi connectivity index (χ1) is 11.5. The van der Waals surface area contributed by atoms with Crippen LogP contribution in [-0.2, 0) is 11.2 Å². The van der Waals surface area contributed by atoms with E-state index in [4.69, 9.17) is 5.73 Å². The molecule has 0 bridgehead atoms. The van der Waals surface area contributed by atoms with Crippen LogP contribution in [0.1, 0.15) is 20.1 Å². The van der Waals surface area contributed by atoms with Gasteiger partial charge >= 0.3 is 0 Å². The van der Waals surface area contributed by atoms with Gasteiger partial charge in [-0.25, -0.2) is 0 Å². The normalized spacial score (nSPS) is 14.1. The van der Waals surface area contributed by atoms with E-state index in [0.29, 0.717) is 38.3 Å². The van der Waals surface area contributed by atoms with E-state index in [-0.39, 0.29) is 24.2 Å². The third-order valence-electron chi connectivity index (χ3n) is 4.21. The van der Waals surface area contributed by atoms with Gasteiger partial charge in [-0.2, -0.15) is 0 Å². The first-order valence-electron chi connectivity index (χ1n) is 8.01. The van der Waals surface area contributed by atoms with Crippen molar-refractivity contribution >= 4 is 41.2 Å². The second kappa shape index (κ2) is 8.36. The monoisotopic (exact) mass is 379 g/mol. The van der Waals surface area contributed by atoms with Crippen LogP contribution in [-0.4, -0.2) is 47.8 Å². The van der Waals surface area contributed by atoms with Crippen LogP contribution < -0.4 is 5.73 Å². The molecule has 0 saturated carbocycles. The quantitative estimate of drug-likeness (QED) is 0.833. The molecule has 0 atom stereocenters. The number of rotatable bonds is 3. The van der Waals surface area contributed by atoms with E-state index in [1.807, 2.05) is 53.1 Å². The average Bonchev–Trinajstić information content (AvgIpc) is 3.03. The number of halogens is 1. The van der Waals surface area contributed by atoms with Crippen molar-refractivity contribution in [2.24, 2.45) is 0 Å². The largest absolute Gasteiger partial charge is 0.399 e. The highest BCUT2D eigenvalue weighted by Crippen LogP contribution is 2.18. The van der Waals surface area contributed by atoms with Crippen molar-refractivity contribution in [3.05, 3.63) is 51.7 Å². The summed E-state index contributed by atoms with van der Waals surface area (Å²) in [5.41, 5.74) is 7.32. The number of nitrogens with zero attached hydrogens (tertiary/aromatic N) is 2. The molecule has 1 fully saturated rings. The molecule has 1 aliphatic rings. The Kier molecular flexibility index (Phi) is 6.45. The lowest BCUT2D eigenvalue weighted by Crippen LogP contribution is -2.50. The summed E-state index contributed by atoms with van der Waals surface area (Å²) in [6.07, 6.45) is 0.373. The summed E-state index contributed by atoms with van der Waals surface area (Å²) in [6.45, 7) is 4.34. The molecular formula is C18H22ClN3O2S. The number of amides is 2. The number of nitrogens with two attached hydrogens (primary N) is 1. The van der Waals surface area contributed by atoms with Crippen molar-refractivity contribution in [3.8, 4) is 0 Å². The van der Waals surface area contributed by atoms with Gasteiger partial charge in [-0.1, -0.05) is 12.1 Å². The molecule has 25 heavy (non-hydrogen) atoms. The van der Waals surface area contributed by atoms with Crippen LogP contribution in [0.15, 0.2) is 36.4 Å². The number of thiophene rings is 1. The summed E-state index contributed by atoms with van der Waals surface area (Å²) in [4.78, 5) is 30.4. The summed E-state index contributed by atoms with van der Waals surface area (Å²) < 4.78 is 0. The molecular weight excluding hydrogens is 358 g/mol. The summed E-state index contributed by atoms with van der Waals surface area (Å²) in [6, 6.07) is 11.2. The highest BCUT2D eigenvalue weighted by molar-refractivity contribution is 7.13. The van der Waals surface area contributed by atoms with Crippen molar-refractivity contribution in [1.29, 1.82) is 0 Å². The Morgan fingerprint density at radius 1 is 1.00 bits per heavy atom. The van der Waals surface area contributed by atoms with Crippen LogP contribution in [0.2, 0.25) is 0 Å². The average molecular weight is 380 g/mol. The van der Waals surface area contributed by atoms with Crippen molar-refractivity contribution in [2.75, 3.05) is 31.9 Å². The Labute approximate surface area is 157 Å². The van der Waals surface area contributed by atoms with Crippen molar-refractivity contribution in [2.45, 2.75) is 13.3 Å². The van der Waals surface area contributed by atoms with Crippen molar-refractivity contribution < 1.29 is 9.59 Å². The van der Waals surface area contributed by atoms with E-state index in [9.17, 15) is 9.59 Å². The number of aryl methyl sites for hydroxylation is 1. The van der Waals surface area contributed by atoms with Crippen LogP contribution in [0.3, 0.4) is 0 Å². The number of hydrogen-bond donors (Lipinski definition) is 1. The molecule has 0 radical (unpaired) electrons. The van der Waals surface area contributed by atoms with Crippen LogP contribution in [0.5, 0.6) is 0 Å². The minimum Gasteiger partial charge on any atom is -0.399 e. The summed E-state index contributed by atoms with van der Waals surface area (Å²) in [5, 5.41) is 0. The maximum atomic E-state index is 12.4. The molecule has 0 spiro atoms. The second-order valence-corrected chi connectivity index (χ2v) is 7.29. The highest BCUT2D eigenvalue weighted by atomic mass is 35.5. The van der Waals surface area contributed by atoms with Crippen molar-refractivity contribution in [1.82, 2.24) is 9.80 Å². The summed E-state index contributed by atoms with van der Waals surface area (Å²) in [7, 11) is 0. The fourth-order valence-corrected chi connectivity index (χ4v) is 3.62. The predicted octanol–water partition coefficient (Wildman–Crippen LogP) is 2.59. The molecule has 2 heterocycles. The van der Waals surface area contributed by atoms with Gasteiger partial charge in [0.25, 0.3) is 5.91 Å². The van der Waals surface area contributed by atoms with E-state index in [1.54, 1.807) is 0 Å².